The van der Waals surface area contributed by atoms with Crippen LogP contribution in [0.1, 0.15) is 34.7 Å². The zero-order valence-corrected chi connectivity index (χ0v) is 15.3. The molecule has 10 nitrogen and oxygen atoms in total. The lowest BCUT2D eigenvalue weighted by Gasteiger charge is -2.12. The standard InChI is InChI=1S/C14H13F3N6O4S/c1-3-28(25,26)6-10-20-21-11-8(4-5-9(23(10)11)14(15,16)17)12(24)18-13-22-19-7(2)27-13/h4-5H,3,6H2,1-2H3,(H,18,22,24). The molecule has 0 saturated carbocycles. The van der Waals surface area contributed by atoms with Crippen molar-refractivity contribution in [1.82, 2.24) is 24.8 Å². The van der Waals surface area contributed by atoms with Crippen LogP contribution in [0.2, 0.25) is 0 Å². The fraction of sp³-hybridized carbons (Fsp3) is 0.357. The summed E-state index contributed by atoms with van der Waals surface area (Å²) < 4.78 is 69.5. The Morgan fingerprint density at radius 3 is 2.50 bits per heavy atom. The summed E-state index contributed by atoms with van der Waals surface area (Å²) in [4.78, 5) is 12.4. The number of alkyl halides is 3. The number of aryl methyl sites for hydroxylation is 1. The minimum atomic E-state index is -4.83. The molecule has 0 fully saturated rings. The molecule has 14 heteroatoms. The Balaban J connectivity index is 2.13. The number of nitrogens with zero attached hydrogens (tertiary/aromatic N) is 5. The van der Waals surface area contributed by atoms with E-state index in [0.29, 0.717) is 10.5 Å². The van der Waals surface area contributed by atoms with Crippen molar-refractivity contribution in [3.8, 4) is 0 Å². The number of hydrogen-bond donors (Lipinski definition) is 1. The highest BCUT2D eigenvalue weighted by atomic mass is 32.2. The van der Waals surface area contributed by atoms with Crippen LogP contribution in [0.25, 0.3) is 5.65 Å². The van der Waals surface area contributed by atoms with E-state index in [2.05, 4.69) is 25.7 Å². The quantitative estimate of drug-likeness (QED) is 0.661. The fourth-order valence-electron chi connectivity index (χ4n) is 2.36. The first-order chi connectivity index (χ1) is 13.0. The van der Waals surface area contributed by atoms with Gasteiger partial charge in [0.2, 0.25) is 5.89 Å². The summed E-state index contributed by atoms with van der Waals surface area (Å²) in [7, 11) is -3.70. The third kappa shape index (κ3) is 3.81. The van der Waals surface area contributed by atoms with E-state index >= 15 is 0 Å². The molecule has 0 spiro atoms. The van der Waals surface area contributed by atoms with Crippen molar-refractivity contribution < 1.29 is 30.8 Å². The van der Waals surface area contributed by atoms with E-state index in [9.17, 15) is 26.4 Å². The van der Waals surface area contributed by atoms with Gasteiger partial charge in [-0.25, -0.2) is 8.42 Å². The molecule has 1 amide bonds. The highest BCUT2D eigenvalue weighted by Crippen LogP contribution is 2.31. The molecule has 3 aromatic rings. The second kappa shape index (κ2) is 6.85. The lowest BCUT2D eigenvalue weighted by molar-refractivity contribution is -0.142. The fourth-order valence-corrected chi connectivity index (χ4v) is 3.14. The smallest absolute Gasteiger partial charge is 0.408 e. The van der Waals surface area contributed by atoms with E-state index < -0.39 is 44.8 Å². The number of pyridine rings is 1. The summed E-state index contributed by atoms with van der Waals surface area (Å²) in [5.41, 5.74) is -1.94. The zero-order valence-electron chi connectivity index (χ0n) is 14.5. The summed E-state index contributed by atoms with van der Waals surface area (Å²) in [6.45, 7) is 2.84. The predicted octanol–water partition coefficient (Wildman–Crippen LogP) is 1.63. The SMILES string of the molecule is CCS(=O)(=O)Cc1nnc2c(C(=O)Nc3nnc(C)o3)ccc(C(F)(F)F)n12. The summed E-state index contributed by atoms with van der Waals surface area (Å²) >= 11 is 0. The number of hydrogen-bond acceptors (Lipinski definition) is 8. The van der Waals surface area contributed by atoms with Gasteiger partial charge in [-0.15, -0.1) is 15.3 Å². The molecule has 0 aliphatic carbocycles. The van der Waals surface area contributed by atoms with Gasteiger partial charge in [0, 0.05) is 12.7 Å². The highest BCUT2D eigenvalue weighted by Gasteiger charge is 2.36. The maximum absolute atomic E-state index is 13.4. The van der Waals surface area contributed by atoms with Crippen LogP contribution in [-0.4, -0.2) is 44.9 Å². The molecule has 0 aliphatic heterocycles. The van der Waals surface area contributed by atoms with Crippen LogP contribution in [0, 0.1) is 6.92 Å². The van der Waals surface area contributed by atoms with Gasteiger partial charge in [0.15, 0.2) is 21.3 Å². The average molecular weight is 418 g/mol. The first-order valence-electron chi connectivity index (χ1n) is 7.78. The molecule has 0 radical (unpaired) electrons. The molecule has 3 rings (SSSR count). The van der Waals surface area contributed by atoms with Crippen molar-refractivity contribution in [2.75, 3.05) is 11.1 Å². The molecule has 0 atom stereocenters. The van der Waals surface area contributed by atoms with Crippen LogP contribution >= 0.6 is 0 Å². The van der Waals surface area contributed by atoms with Gasteiger partial charge in [-0.1, -0.05) is 12.0 Å². The summed E-state index contributed by atoms with van der Waals surface area (Å²) in [6.07, 6.45) is -4.83. The average Bonchev–Trinajstić information content (AvgIpc) is 3.19. The number of halogens is 3. The van der Waals surface area contributed by atoms with Gasteiger partial charge in [-0.05, 0) is 12.1 Å². The third-order valence-electron chi connectivity index (χ3n) is 3.69. The lowest BCUT2D eigenvalue weighted by atomic mass is 10.2. The number of amides is 1. The van der Waals surface area contributed by atoms with Gasteiger partial charge >= 0.3 is 12.2 Å². The number of nitrogens with one attached hydrogen (secondary N) is 1. The van der Waals surface area contributed by atoms with E-state index in [0.717, 1.165) is 6.07 Å². The molecule has 1 N–H and O–H groups in total. The van der Waals surface area contributed by atoms with Crippen molar-refractivity contribution in [3.63, 3.8) is 0 Å². The number of aromatic nitrogens is 5. The Hall–Kier alpha value is -3.03. The summed E-state index contributed by atoms with van der Waals surface area (Å²) in [5.74, 6) is -2.21. The second-order valence-corrected chi connectivity index (χ2v) is 8.02. The Kier molecular flexibility index (Phi) is 4.82. The monoisotopic (exact) mass is 418 g/mol. The number of sulfone groups is 1. The van der Waals surface area contributed by atoms with Crippen LogP contribution in [0.5, 0.6) is 0 Å². The zero-order chi connectivity index (χ0) is 20.7. The Bertz CT molecular complexity index is 1150. The Labute approximate surface area is 155 Å². The molecular formula is C14H13F3N6O4S. The molecule has 0 saturated heterocycles. The summed E-state index contributed by atoms with van der Waals surface area (Å²) in [6, 6.07) is 1.30. The molecule has 3 aromatic heterocycles. The molecule has 28 heavy (non-hydrogen) atoms. The van der Waals surface area contributed by atoms with Crippen molar-refractivity contribution in [2.45, 2.75) is 25.8 Å². The van der Waals surface area contributed by atoms with E-state index in [1.807, 2.05) is 0 Å². The van der Waals surface area contributed by atoms with Crippen LogP contribution in [0.3, 0.4) is 0 Å². The minimum absolute atomic E-state index is 0.169. The largest absolute Gasteiger partial charge is 0.431 e. The molecule has 0 aromatic carbocycles. The molecule has 0 unspecified atom stereocenters. The first kappa shape index (κ1) is 19.7. The Morgan fingerprint density at radius 1 is 1.21 bits per heavy atom. The van der Waals surface area contributed by atoms with Gasteiger partial charge in [-0.2, -0.15) is 13.2 Å². The molecule has 0 bridgehead atoms. The molecular weight excluding hydrogens is 405 g/mol. The summed E-state index contributed by atoms with van der Waals surface area (Å²) in [5, 5.41) is 16.5. The van der Waals surface area contributed by atoms with Crippen LogP contribution in [0.15, 0.2) is 16.5 Å². The van der Waals surface area contributed by atoms with Crippen LogP contribution in [-0.2, 0) is 21.8 Å². The van der Waals surface area contributed by atoms with Gasteiger partial charge in [0.05, 0.1) is 5.56 Å². The van der Waals surface area contributed by atoms with Crippen LogP contribution < -0.4 is 5.32 Å². The van der Waals surface area contributed by atoms with Crippen molar-refractivity contribution in [1.29, 1.82) is 0 Å². The normalized spacial score (nSPS) is 12.5. The Morgan fingerprint density at radius 2 is 1.93 bits per heavy atom. The van der Waals surface area contributed by atoms with Gasteiger partial charge in [0.1, 0.15) is 11.4 Å². The van der Waals surface area contributed by atoms with Crippen molar-refractivity contribution in [3.05, 3.63) is 35.1 Å². The van der Waals surface area contributed by atoms with Crippen LogP contribution in [0.4, 0.5) is 19.2 Å². The molecule has 0 aliphatic rings. The minimum Gasteiger partial charge on any atom is -0.408 e. The van der Waals surface area contributed by atoms with Gasteiger partial charge < -0.3 is 4.42 Å². The lowest BCUT2D eigenvalue weighted by Crippen LogP contribution is -2.19. The third-order valence-corrected chi connectivity index (χ3v) is 5.27. The molecule has 3 heterocycles. The molecule has 150 valence electrons. The van der Waals surface area contributed by atoms with Crippen molar-refractivity contribution >= 4 is 27.4 Å². The predicted molar refractivity (Wildman–Crippen MR) is 88.1 cm³/mol. The number of anilines is 1. The van der Waals surface area contributed by atoms with Gasteiger partial charge in [-0.3, -0.25) is 14.5 Å². The topological polar surface area (TPSA) is 132 Å². The maximum atomic E-state index is 13.4. The number of rotatable bonds is 5. The number of carbonyl (C=O) groups excluding carboxylic acids is 1. The second-order valence-electron chi connectivity index (χ2n) is 5.66. The highest BCUT2D eigenvalue weighted by molar-refractivity contribution is 7.90. The van der Waals surface area contributed by atoms with E-state index in [-0.39, 0.29) is 23.2 Å². The van der Waals surface area contributed by atoms with Gasteiger partial charge in [0.25, 0.3) is 5.91 Å². The van der Waals surface area contributed by atoms with E-state index in [1.165, 1.54) is 13.8 Å². The number of carbonyl (C=O) groups is 1. The van der Waals surface area contributed by atoms with E-state index in [4.69, 9.17) is 4.42 Å². The maximum Gasteiger partial charge on any atom is 0.431 e. The number of fused-ring (bicyclic) bond motifs is 1. The van der Waals surface area contributed by atoms with Crippen molar-refractivity contribution in [2.24, 2.45) is 0 Å². The van der Waals surface area contributed by atoms with E-state index in [1.54, 1.807) is 0 Å². The first-order valence-corrected chi connectivity index (χ1v) is 9.60.